The minimum atomic E-state index is -0.164. The summed E-state index contributed by atoms with van der Waals surface area (Å²) in [6.07, 6.45) is 0.371. The molecular formula is C21H32N4O2. The molecule has 1 aromatic carbocycles. The van der Waals surface area contributed by atoms with Crippen LogP contribution in [0.15, 0.2) is 24.3 Å². The van der Waals surface area contributed by atoms with Crippen molar-refractivity contribution in [3.63, 3.8) is 0 Å². The van der Waals surface area contributed by atoms with Gasteiger partial charge in [0.25, 0.3) is 0 Å². The standard InChI is InChI=1S/C21H32N4O2/c1-17-6-4-5-7-18(17)15-23-9-12-24(13-10-23)21(27)19-14-20(26)25(16-19)11-8-22(2)3/h4-7,19H,8-16H2,1-3H3. The fourth-order valence-electron chi connectivity index (χ4n) is 3.89. The molecule has 0 N–H and O–H groups in total. The number of nitrogens with zero attached hydrogens (tertiary/aromatic N) is 4. The molecule has 0 aromatic heterocycles. The van der Waals surface area contributed by atoms with E-state index in [1.54, 1.807) is 0 Å². The van der Waals surface area contributed by atoms with Crippen molar-refractivity contribution in [1.29, 1.82) is 0 Å². The SMILES string of the molecule is Cc1ccccc1CN1CCN(C(=O)C2CC(=O)N(CCN(C)C)C2)CC1. The highest BCUT2D eigenvalue weighted by atomic mass is 16.2. The van der Waals surface area contributed by atoms with Crippen LogP contribution in [-0.4, -0.2) is 91.3 Å². The van der Waals surface area contributed by atoms with Gasteiger partial charge in [0.15, 0.2) is 0 Å². The Balaban J connectivity index is 1.47. The first-order chi connectivity index (χ1) is 12.9. The van der Waals surface area contributed by atoms with Gasteiger partial charge in [0.2, 0.25) is 11.8 Å². The summed E-state index contributed by atoms with van der Waals surface area (Å²) in [7, 11) is 4.00. The van der Waals surface area contributed by atoms with Crippen LogP contribution < -0.4 is 0 Å². The molecule has 0 saturated carbocycles. The van der Waals surface area contributed by atoms with Gasteiger partial charge < -0.3 is 14.7 Å². The number of benzene rings is 1. The molecule has 2 aliphatic heterocycles. The van der Waals surface area contributed by atoms with Crippen LogP contribution in [-0.2, 0) is 16.1 Å². The summed E-state index contributed by atoms with van der Waals surface area (Å²) in [5, 5.41) is 0. The van der Waals surface area contributed by atoms with E-state index in [-0.39, 0.29) is 17.7 Å². The third-order valence-corrected chi connectivity index (χ3v) is 5.72. The Morgan fingerprint density at radius 1 is 1.15 bits per heavy atom. The third-order valence-electron chi connectivity index (χ3n) is 5.72. The van der Waals surface area contributed by atoms with Crippen molar-refractivity contribution in [1.82, 2.24) is 19.6 Å². The Hall–Kier alpha value is -1.92. The molecule has 148 valence electrons. The van der Waals surface area contributed by atoms with E-state index < -0.39 is 0 Å². The summed E-state index contributed by atoms with van der Waals surface area (Å²) in [5.41, 5.74) is 2.67. The topological polar surface area (TPSA) is 47.1 Å². The molecule has 0 radical (unpaired) electrons. The van der Waals surface area contributed by atoms with E-state index in [9.17, 15) is 9.59 Å². The Morgan fingerprint density at radius 3 is 2.52 bits per heavy atom. The van der Waals surface area contributed by atoms with Gasteiger partial charge in [-0.05, 0) is 32.1 Å². The second-order valence-corrected chi connectivity index (χ2v) is 8.07. The van der Waals surface area contributed by atoms with Crippen molar-refractivity contribution in [3.8, 4) is 0 Å². The van der Waals surface area contributed by atoms with E-state index in [4.69, 9.17) is 0 Å². The van der Waals surface area contributed by atoms with Crippen LogP contribution in [0, 0.1) is 12.8 Å². The summed E-state index contributed by atoms with van der Waals surface area (Å²) in [6, 6.07) is 8.48. The lowest BCUT2D eigenvalue weighted by Crippen LogP contribution is -2.50. The quantitative estimate of drug-likeness (QED) is 0.749. The molecule has 0 aliphatic carbocycles. The van der Waals surface area contributed by atoms with Crippen LogP contribution in [0.25, 0.3) is 0 Å². The van der Waals surface area contributed by atoms with Crippen molar-refractivity contribution >= 4 is 11.8 Å². The number of likely N-dealkylation sites (N-methyl/N-ethyl adjacent to an activating group) is 1. The normalized spacial score (nSPS) is 21.3. The summed E-state index contributed by atoms with van der Waals surface area (Å²) in [4.78, 5) is 33.3. The van der Waals surface area contributed by atoms with Gasteiger partial charge in [-0.15, -0.1) is 0 Å². The van der Waals surface area contributed by atoms with Crippen molar-refractivity contribution in [2.75, 3.05) is 59.9 Å². The van der Waals surface area contributed by atoms with Crippen molar-refractivity contribution in [2.24, 2.45) is 5.92 Å². The molecule has 27 heavy (non-hydrogen) atoms. The minimum absolute atomic E-state index is 0.119. The van der Waals surface area contributed by atoms with Gasteiger partial charge in [-0.3, -0.25) is 14.5 Å². The van der Waals surface area contributed by atoms with Crippen LogP contribution in [0.4, 0.5) is 0 Å². The first-order valence-electron chi connectivity index (χ1n) is 9.92. The molecule has 2 amide bonds. The molecule has 2 fully saturated rings. The summed E-state index contributed by atoms with van der Waals surface area (Å²) in [6.45, 7) is 8.51. The fourth-order valence-corrected chi connectivity index (χ4v) is 3.89. The number of amides is 2. The second kappa shape index (κ2) is 8.85. The second-order valence-electron chi connectivity index (χ2n) is 8.07. The Morgan fingerprint density at radius 2 is 1.85 bits per heavy atom. The van der Waals surface area contributed by atoms with E-state index in [1.807, 2.05) is 23.9 Å². The lowest BCUT2D eigenvalue weighted by atomic mass is 10.1. The predicted octanol–water partition coefficient (Wildman–Crippen LogP) is 1.05. The lowest BCUT2D eigenvalue weighted by molar-refractivity contribution is -0.137. The third kappa shape index (κ3) is 5.08. The van der Waals surface area contributed by atoms with Crippen molar-refractivity contribution in [3.05, 3.63) is 35.4 Å². The van der Waals surface area contributed by atoms with Crippen LogP contribution in [0.1, 0.15) is 17.5 Å². The average Bonchev–Trinajstić information content (AvgIpc) is 3.03. The summed E-state index contributed by atoms with van der Waals surface area (Å²) >= 11 is 0. The number of hydrogen-bond donors (Lipinski definition) is 0. The minimum Gasteiger partial charge on any atom is -0.341 e. The molecule has 2 saturated heterocycles. The van der Waals surface area contributed by atoms with Crippen LogP contribution in [0.5, 0.6) is 0 Å². The van der Waals surface area contributed by atoms with Gasteiger partial charge in [-0.25, -0.2) is 0 Å². The van der Waals surface area contributed by atoms with Crippen molar-refractivity contribution < 1.29 is 9.59 Å². The zero-order valence-corrected chi connectivity index (χ0v) is 16.9. The van der Waals surface area contributed by atoms with Crippen molar-refractivity contribution in [2.45, 2.75) is 19.9 Å². The van der Waals surface area contributed by atoms with Gasteiger partial charge >= 0.3 is 0 Å². The molecule has 1 atom stereocenters. The Labute approximate surface area is 162 Å². The average molecular weight is 373 g/mol. The monoisotopic (exact) mass is 372 g/mol. The molecule has 1 unspecified atom stereocenters. The number of hydrogen-bond acceptors (Lipinski definition) is 4. The predicted molar refractivity (Wildman–Crippen MR) is 106 cm³/mol. The number of carbonyl (C=O) groups is 2. The van der Waals surface area contributed by atoms with E-state index in [2.05, 4.69) is 41.0 Å². The number of piperazine rings is 1. The Bertz CT molecular complexity index is 668. The summed E-state index contributed by atoms with van der Waals surface area (Å²) in [5.74, 6) is 0.113. The van der Waals surface area contributed by atoms with Crippen LogP contribution >= 0.6 is 0 Å². The van der Waals surface area contributed by atoms with E-state index in [0.29, 0.717) is 19.5 Å². The molecule has 6 nitrogen and oxygen atoms in total. The summed E-state index contributed by atoms with van der Waals surface area (Å²) < 4.78 is 0. The molecule has 0 bridgehead atoms. The molecule has 6 heteroatoms. The lowest BCUT2D eigenvalue weighted by Gasteiger charge is -2.36. The fraction of sp³-hybridized carbons (Fsp3) is 0.619. The molecule has 2 aliphatic rings. The molecule has 1 aromatic rings. The van der Waals surface area contributed by atoms with E-state index in [1.165, 1.54) is 11.1 Å². The zero-order valence-electron chi connectivity index (χ0n) is 16.9. The largest absolute Gasteiger partial charge is 0.341 e. The molecule has 0 spiro atoms. The molecule has 3 rings (SSSR count). The number of carbonyl (C=O) groups excluding carboxylic acids is 2. The maximum absolute atomic E-state index is 12.9. The van der Waals surface area contributed by atoms with E-state index >= 15 is 0 Å². The first kappa shape index (κ1) is 19.8. The highest BCUT2D eigenvalue weighted by Gasteiger charge is 2.37. The smallest absolute Gasteiger partial charge is 0.228 e. The van der Waals surface area contributed by atoms with Gasteiger partial charge in [-0.2, -0.15) is 0 Å². The number of likely N-dealkylation sites (tertiary alicyclic amines) is 1. The van der Waals surface area contributed by atoms with Crippen LogP contribution in [0.2, 0.25) is 0 Å². The highest BCUT2D eigenvalue weighted by Crippen LogP contribution is 2.21. The number of aryl methyl sites for hydroxylation is 1. The number of rotatable bonds is 6. The molecule has 2 heterocycles. The van der Waals surface area contributed by atoms with Crippen LogP contribution in [0.3, 0.4) is 0 Å². The zero-order chi connectivity index (χ0) is 19.4. The van der Waals surface area contributed by atoms with Gasteiger partial charge in [-0.1, -0.05) is 24.3 Å². The maximum Gasteiger partial charge on any atom is 0.228 e. The highest BCUT2D eigenvalue weighted by molar-refractivity contribution is 5.89. The van der Waals surface area contributed by atoms with Gasteiger partial charge in [0.1, 0.15) is 0 Å². The maximum atomic E-state index is 12.9. The van der Waals surface area contributed by atoms with E-state index in [0.717, 1.165) is 39.3 Å². The first-order valence-corrected chi connectivity index (χ1v) is 9.92. The Kier molecular flexibility index (Phi) is 6.50. The van der Waals surface area contributed by atoms with Gasteiger partial charge in [0, 0.05) is 58.8 Å². The molecular weight excluding hydrogens is 340 g/mol. The van der Waals surface area contributed by atoms with Gasteiger partial charge in [0.05, 0.1) is 5.92 Å².